The predicted molar refractivity (Wildman–Crippen MR) is 76.8 cm³/mol. The Balaban J connectivity index is 2.44. The molecule has 0 atom stereocenters. The van der Waals surface area contributed by atoms with Crippen molar-refractivity contribution >= 4 is 11.5 Å². The second kappa shape index (κ2) is 5.14. The molecule has 2 rings (SSSR count). The molecule has 98 valence electrons. The van der Waals surface area contributed by atoms with E-state index in [2.05, 4.69) is 0 Å². The molecule has 0 aliphatic rings. The van der Waals surface area contributed by atoms with Gasteiger partial charge in [-0.15, -0.1) is 0 Å². The van der Waals surface area contributed by atoms with Gasteiger partial charge in [-0.3, -0.25) is 4.79 Å². The summed E-state index contributed by atoms with van der Waals surface area (Å²) in [5.74, 6) is 0.563. The van der Waals surface area contributed by atoms with E-state index in [1.807, 2.05) is 32.0 Å². The zero-order chi connectivity index (χ0) is 14.0. The summed E-state index contributed by atoms with van der Waals surface area (Å²) in [6.07, 6.45) is 0. The van der Waals surface area contributed by atoms with Crippen molar-refractivity contribution in [1.82, 2.24) is 0 Å². The molecule has 2 N–H and O–H groups in total. The van der Waals surface area contributed by atoms with Gasteiger partial charge >= 0.3 is 0 Å². The summed E-state index contributed by atoms with van der Waals surface area (Å²) >= 11 is 0. The fourth-order valence-electron chi connectivity index (χ4n) is 2.01. The van der Waals surface area contributed by atoms with Gasteiger partial charge in [-0.05, 0) is 43.7 Å². The summed E-state index contributed by atoms with van der Waals surface area (Å²) in [4.78, 5) is 12.5. The first kappa shape index (κ1) is 13.1. The third-order valence-electron chi connectivity index (χ3n) is 3.13. The Bertz CT molecular complexity index is 633. The molecule has 2 aromatic rings. The van der Waals surface area contributed by atoms with Crippen LogP contribution in [-0.4, -0.2) is 12.9 Å². The van der Waals surface area contributed by atoms with Gasteiger partial charge in [-0.2, -0.15) is 0 Å². The molecule has 19 heavy (non-hydrogen) atoms. The molecule has 0 aliphatic carbocycles. The van der Waals surface area contributed by atoms with Crippen LogP contribution in [0.5, 0.6) is 5.75 Å². The second-order valence-electron chi connectivity index (χ2n) is 4.60. The molecule has 0 unspecified atom stereocenters. The zero-order valence-corrected chi connectivity index (χ0v) is 11.4. The molecule has 2 aromatic carbocycles. The normalized spacial score (nSPS) is 10.3. The van der Waals surface area contributed by atoms with E-state index in [0.29, 0.717) is 22.6 Å². The molecule has 0 aliphatic heterocycles. The van der Waals surface area contributed by atoms with Gasteiger partial charge in [0, 0.05) is 11.1 Å². The topological polar surface area (TPSA) is 52.3 Å². The molecule has 3 heteroatoms. The number of carbonyl (C=O) groups is 1. The quantitative estimate of drug-likeness (QED) is 0.677. The molecule has 3 nitrogen and oxygen atoms in total. The fraction of sp³-hybridized carbons (Fsp3) is 0.188. The van der Waals surface area contributed by atoms with Gasteiger partial charge in [-0.25, -0.2) is 0 Å². The van der Waals surface area contributed by atoms with Crippen LogP contribution in [0.3, 0.4) is 0 Å². The van der Waals surface area contributed by atoms with Crippen LogP contribution in [0.1, 0.15) is 27.0 Å². The second-order valence-corrected chi connectivity index (χ2v) is 4.60. The SMILES string of the molecule is COc1ccc(C(=O)c2cc(C)ccc2C)cc1N. The van der Waals surface area contributed by atoms with Crippen LogP contribution in [0, 0.1) is 13.8 Å². The maximum Gasteiger partial charge on any atom is 0.193 e. The summed E-state index contributed by atoms with van der Waals surface area (Å²) in [5.41, 5.74) is 9.63. The Hall–Kier alpha value is -2.29. The van der Waals surface area contributed by atoms with Crippen LogP contribution in [0.25, 0.3) is 0 Å². The van der Waals surface area contributed by atoms with E-state index in [1.165, 1.54) is 0 Å². The number of aryl methyl sites for hydroxylation is 2. The van der Waals surface area contributed by atoms with Gasteiger partial charge in [0.05, 0.1) is 12.8 Å². The highest BCUT2D eigenvalue weighted by Gasteiger charge is 2.13. The minimum absolute atomic E-state index is 0.0180. The van der Waals surface area contributed by atoms with E-state index in [4.69, 9.17) is 10.5 Å². The van der Waals surface area contributed by atoms with E-state index in [0.717, 1.165) is 11.1 Å². The van der Waals surface area contributed by atoms with Gasteiger partial charge in [0.25, 0.3) is 0 Å². The molecule has 0 amide bonds. The Morgan fingerprint density at radius 2 is 1.84 bits per heavy atom. The molecular formula is C16H17NO2. The highest BCUT2D eigenvalue weighted by atomic mass is 16.5. The minimum atomic E-state index is -0.0180. The Labute approximate surface area is 113 Å². The molecule has 0 saturated heterocycles. The average molecular weight is 255 g/mol. The van der Waals surface area contributed by atoms with E-state index >= 15 is 0 Å². The van der Waals surface area contributed by atoms with Crippen molar-refractivity contribution in [3.8, 4) is 5.75 Å². The first-order chi connectivity index (χ1) is 9.02. The number of benzene rings is 2. The first-order valence-corrected chi connectivity index (χ1v) is 6.08. The van der Waals surface area contributed by atoms with Gasteiger partial charge in [-0.1, -0.05) is 17.7 Å². The molecule has 0 bridgehead atoms. The van der Waals surface area contributed by atoms with Crippen LogP contribution in [0.4, 0.5) is 5.69 Å². The Morgan fingerprint density at radius 1 is 1.11 bits per heavy atom. The standard InChI is InChI=1S/C16H17NO2/c1-10-4-5-11(2)13(8-10)16(18)12-6-7-15(19-3)14(17)9-12/h4-9H,17H2,1-3H3. The van der Waals surface area contributed by atoms with Gasteiger partial charge < -0.3 is 10.5 Å². The number of methoxy groups -OCH3 is 1. The number of hydrogen-bond donors (Lipinski definition) is 1. The number of hydrogen-bond acceptors (Lipinski definition) is 3. The lowest BCUT2D eigenvalue weighted by atomic mass is 9.97. The van der Waals surface area contributed by atoms with Crippen LogP contribution in [0.2, 0.25) is 0 Å². The predicted octanol–water partition coefficient (Wildman–Crippen LogP) is 3.13. The number of ketones is 1. The van der Waals surface area contributed by atoms with E-state index in [-0.39, 0.29) is 5.78 Å². The van der Waals surface area contributed by atoms with Gasteiger partial charge in [0.15, 0.2) is 5.78 Å². The molecule has 0 saturated carbocycles. The molecule has 0 aromatic heterocycles. The van der Waals surface area contributed by atoms with Crippen LogP contribution < -0.4 is 10.5 Å². The summed E-state index contributed by atoms with van der Waals surface area (Å²) < 4.78 is 5.09. The van der Waals surface area contributed by atoms with E-state index in [9.17, 15) is 4.79 Å². The lowest BCUT2D eigenvalue weighted by molar-refractivity contribution is 0.103. The maximum atomic E-state index is 12.5. The highest BCUT2D eigenvalue weighted by Crippen LogP contribution is 2.24. The maximum absolute atomic E-state index is 12.5. The molecule has 0 spiro atoms. The number of nitrogen functional groups attached to an aromatic ring is 1. The van der Waals surface area contributed by atoms with Crippen LogP contribution in [0.15, 0.2) is 36.4 Å². The van der Waals surface area contributed by atoms with E-state index < -0.39 is 0 Å². The van der Waals surface area contributed by atoms with Crippen LogP contribution in [-0.2, 0) is 0 Å². The highest BCUT2D eigenvalue weighted by molar-refractivity contribution is 6.10. The molecular weight excluding hydrogens is 238 g/mol. The third kappa shape index (κ3) is 2.60. The van der Waals surface area contributed by atoms with Crippen molar-refractivity contribution in [3.63, 3.8) is 0 Å². The Kier molecular flexibility index (Phi) is 3.56. The average Bonchev–Trinajstić information content (AvgIpc) is 2.40. The van der Waals surface area contributed by atoms with Crippen molar-refractivity contribution in [2.45, 2.75) is 13.8 Å². The number of rotatable bonds is 3. The molecule has 0 fully saturated rings. The lowest BCUT2D eigenvalue weighted by Crippen LogP contribution is -2.05. The van der Waals surface area contributed by atoms with Gasteiger partial charge in [0.1, 0.15) is 5.75 Å². The van der Waals surface area contributed by atoms with Crippen LogP contribution >= 0.6 is 0 Å². The van der Waals surface area contributed by atoms with Crippen molar-refractivity contribution in [2.75, 3.05) is 12.8 Å². The fourth-order valence-corrected chi connectivity index (χ4v) is 2.01. The van der Waals surface area contributed by atoms with Crippen molar-refractivity contribution in [3.05, 3.63) is 58.7 Å². The van der Waals surface area contributed by atoms with Crippen molar-refractivity contribution in [1.29, 1.82) is 0 Å². The number of nitrogens with two attached hydrogens (primary N) is 1. The lowest BCUT2D eigenvalue weighted by Gasteiger charge is -2.09. The number of anilines is 1. The summed E-state index contributed by atoms with van der Waals surface area (Å²) in [6, 6.07) is 11.0. The largest absolute Gasteiger partial charge is 0.495 e. The summed E-state index contributed by atoms with van der Waals surface area (Å²) in [7, 11) is 1.55. The zero-order valence-electron chi connectivity index (χ0n) is 11.4. The number of ether oxygens (including phenoxy) is 1. The number of carbonyl (C=O) groups excluding carboxylic acids is 1. The first-order valence-electron chi connectivity index (χ1n) is 6.08. The summed E-state index contributed by atoms with van der Waals surface area (Å²) in [5, 5.41) is 0. The summed E-state index contributed by atoms with van der Waals surface area (Å²) in [6.45, 7) is 3.90. The Morgan fingerprint density at radius 3 is 2.47 bits per heavy atom. The molecule has 0 radical (unpaired) electrons. The van der Waals surface area contributed by atoms with Gasteiger partial charge in [0.2, 0.25) is 0 Å². The monoisotopic (exact) mass is 255 g/mol. The molecule has 0 heterocycles. The minimum Gasteiger partial charge on any atom is -0.495 e. The van der Waals surface area contributed by atoms with Crippen molar-refractivity contribution < 1.29 is 9.53 Å². The van der Waals surface area contributed by atoms with E-state index in [1.54, 1.807) is 25.3 Å². The third-order valence-corrected chi connectivity index (χ3v) is 3.13. The van der Waals surface area contributed by atoms with Crippen molar-refractivity contribution in [2.24, 2.45) is 0 Å². The smallest absolute Gasteiger partial charge is 0.193 e.